The summed E-state index contributed by atoms with van der Waals surface area (Å²) in [5, 5.41) is 9.15. The van der Waals surface area contributed by atoms with Crippen LogP contribution >= 0.6 is 11.6 Å². The number of halogens is 1. The molecule has 0 saturated heterocycles. The third-order valence-electron chi connectivity index (χ3n) is 2.21. The Morgan fingerprint density at radius 2 is 2.33 bits per heavy atom. The fraction of sp³-hybridized carbons (Fsp3) is 0.333. The summed E-state index contributed by atoms with van der Waals surface area (Å²) < 4.78 is 0. The molecule has 0 bridgehead atoms. The highest BCUT2D eigenvalue weighted by atomic mass is 35.5. The summed E-state index contributed by atoms with van der Waals surface area (Å²) in [6, 6.07) is 2.10. The van der Waals surface area contributed by atoms with Gasteiger partial charge >= 0.3 is 0 Å². The first kappa shape index (κ1) is 7.57. The van der Waals surface area contributed by atoms with E-state index in [4.69, 9.17) is 16.9 Å². The number of hydrogen-bond acceptors (Lipinski definition) is 2. The van der Waals surface area contributed by atoms with E-state index in [0.717, 1.165) is 24.8 Å². The molecule has 3 heteroatoms. The van der Waals surface area contributed by atoms with Crippen LogP contribution in [0.15, 0.2) is 6.20 Å². The highest BCUT2D eigenvalue weighted by Gasteiger charge is 2.17. The largest absolute Gasteiger partial charge is 0.243 e. The van der Waals surface area contributed by atoms with E-state index in [0.29, 0.717) is 10.7 Å². The third-order valence-corrected chi connectivity index (χ3v) is 2.50. The van der Waals surface area contributed by atoms with E-state index in [1.807, 2.05) is 0 Å². The first-order chi connectivity index (χ1) is 5.83. The van der Waals surface area contributed by atoms with Crippen LogP contribution in [0.4, 0.5) is 0 Å². The van der Waals surface area contributed by atoms with Crippen LogP contribution in [0.2, 0.25) is 5.15 Å². The SMILES string of the molecule is N#Cc1c(Cl)ncc2c1CCC2. The van der Waals surface area contributed by atoms with Gasteiger partial charge in [-0.2, -0.15) is 5.26 Å². The molecular formula is C9H7ClN2. The quantitative estimate of drug-likeness (QED) is 0.571. The molecule has 2 rings (SSSR count). The Morgan fingerprint density at radius 1 is 1.50 bits per heavy atom. The lowest BCUT2D eigenvalue weighted by molar-refractivity contribution is 0.910. The molecule has 0 N–H and O–H groups in total. The normalized spacial score (nSPS) is 14.0. The molecule has 0 radical (unpaired) electrons. The van der Waals surface area contributed by atoms with Crippen LogP contribution in [0.25, 0.3) is 0 Å². The van der Waals surface area contributed by atoms with Crippen LogP contribution < -0.4 is 0 Å². The third kappa shape index (κ3) is 0.981. The number of nitrogens with zero attached hydrogens (tertiary/aromatic N) is 2. The first-order valence-electron chi connectivity index (χ1n) is 3.89. The van der Waals surface area contributed by atoms with Crippen molar-refractivity contribution in [2.75, 3.05) is 0 Å². The monoisotopic (exact) mass is 178 g/mol. The summed E-state index contributed by atoms with van der Waals surface area (Å²) in [5.74, 6) is 0. The maximum absolute atomic E-state index is 8.81. The molecule has 1 aliphatic carbocycles. The minimum Gasteiger partial charge on any atom is -0.243 e. The maximum Gasteiger partial charge on any atom is 0.147 e. The second-order valence-corrected chi connectivity index (χ2v) is 3.25. The van der Waals surface area contributed by atoms with Crippen LogP contribution in [0.5, 0.6) is 0 Å². The van der Waals surface area contributed by atoms with Crippen LogP contribution in [0.3, 0.4) is 0 Å². The van der Waals surface area contributed by atoms with Gasteiger partial charge in [-0.25, -0.2) is 4.98 Å². The molecule has 0 aromatic carbocycles. The molecule has 0 aliphatic heterocycles. The number of nitriles is 1. The molecule has 1 aromatic heterocycles. The van der Waals surface area contributed by atoms with Gasteiger partial charge in [-0.05, 0) is 30.4 Å². The van der Waals surface area contributed by atoms with E-state index in [1.54, 1.807) is 6.20 Å². The number of aryl methyl sites for hydroxylation is 1. The predicted octanol–water partition coefficient (Wildman–Crippen LogP) is 2.10. The van der Waals surface area contributed by atoms with Gasteiger partial charge in [0.1, 0.15) is 11.2 Å². The van der Waals surface area contributed by atoms with Crippen molar-refractivity contribution in [1.29, 1.82) is 5.26 Å². The van der Waals surface area contributed by atoms with Gasteiger partial charge in [-0.3, -0.25) is 0 Å². The van der Waals surface area contributed by atoms with Crippen LogP contribution in [-0.4, -0.2) is 4.98 Å². The molecule has 0 atom stereocenters. The molecule has 60 valence electrons. The molecule has 2 nitrogen and oxygen atoms in total. The Bertz CT molecular complexity index is 366. The standard InChI is InChI=1S/C9H7ClN2/c10-9-8(4-11)7-3-1-2-6(7)5-12-9/h5H,1-3H2. The van der Waals surface area contributed by atoms with E-state index in [1.165, 1.54) is 5.56 Å². The molecule has 0 spiro atoms. The molecule has 1 aromatic rings. The fourth-order valence-electron chi connectivity index (χ4n) is 1.63. The molecule has 0 saturated carbocycles. The van der Waals surface area contributed by atoms with Gasteiger partial charge in [0.25, 0.3) is 0 Å². The second kappa shape index (κ2) is 2.76. The van der Waals surface area contributed by atoms with Crippen molar-refractivity contribution in [3.63, 3.8) is 0 Å². The Labute approximate surface area is 75.8 Å². The smallest absolute Gasteiger partial charge is 0.147 e. The molecule has 1 heterocycles. The first-order valence-corrected chi connectivity index (χ1v) is 4.27. The van der Waals surface area contributed by atoms with E-state index in [9.17, 15) is 0 Å². The Balaban J connectivity index is 2.67. The van der Waals surface area contributed by atoms with Crippen molar-refractivity contribution in [3.05, 3.63) is 28.0 Å². The summed E-state index contributed by atoms with van der Waals surface area (Å²) in [7, 11) is 0. The molecular weight excluding hydrogens is 172 g/mol. The van der Waals surface area contributed by atoms with Crippen molar-refractivity contribution >= 4 is 11.6 Å². The molecule has 0 fully saturated rings. The van der Waals surface area contributed by atoms with Crippen molar-refractivity contribution in [1.82, 2.24) is 4.98 Å². The fourth-order valence-corrected chi connectivity index (χ4v) is 1.84. The van der Waals surface area contributed by atoms with E-state index >= 15 is 0 Å². The minimum absolute atomic E-state index is 0.346. The van der Waals surface area contributed by atoms with Gasteiger partial charge in [0.15, 0.2) is 0 Å². The zero-order valence-corrected chi connectivity index (χ0v) is 7.23. The van der Waals surface area contributed by atoms with E-state index in [-0.39, 0.29) is 0 Å². The number of pyridine rings is 1. The molecule has 12 heavy (non-hydrogen) atoms. The molecule has 0 unspecified atom stereocenters. The highest BCUT2D eigenvalue weighted by Crippen LogP contribution is 2.27. The lowest BCUT2D eigenvalue weighted by atomic mass is 10.1. The number of rotatable bonds is 0. The summed E-state index contributed by atoms with van der Waals surface area (Å²) in [5.41, 5.74) is 2.88. The predicted molar refractivity (Wildman–Crippen MR) is 46.0 cm³/mol. The van der Waals surface area contributed by atoms with Crippen LogP contribution in [0.1, 0.15) is 23.1 Å². The summed E-state index contributed by atoms with van der Waals surface area (Å²) >= 11 is 5.77. The Morgan fingerprint density at radius 3 is 3.08 bits per heavy atom. The van der Waals surface area contributed by atoms with Gasteiger partial charge in [0, 0.05) is 6.20 Å². The Hall–Kier alpha value is -1.07. The van der Waals surface area contributed by atoms with Gasteiger partial charge in [-0.1, -0.05) is 11.6 Å². The number of fused-ring (bicyclic) bond motifs is 1. The maximum atomic E-state index is 8.81. The minimum atomic E-state index is 0.346. The van der Waals surface area contributed by atoms with Crippen molar-refractivity contribution < 1.29 is 0 Å². The van der Waals surface area contributed by atoms with Gasteiger partial charge < -0.3 is 0 Å². The lowest BCUT2D eigenvalue weighted by Gasteiger charge is -2.01. The van der Waals surface area contributed by atoms with Crippen molar-refractivity contribution in [3.8, 4) is 6.07 Å². The van der Waals surface area contributed by atoms with E-state index in [2.05, 4.69) is 11.1 Å². The molecule has 1 aliphatic rings. The summed E-state index contributed by atoms with van der Waals surface area (Å²) in [6.45, 7) is 0. The zero-order valence-electron chi connectivity index (χ0n) is 6.47. The molecule has 0 amide bonds. The van der Waals surface area contributed by atoms with Gasteiger partial charge in [0.2, 0.25) is 0 Å². The topological polar surface area (TPSA) is 36.7 Å². The highest BCUT2D eigenvalue weighted by molar-refractivity contribution is 6.30. The Kier molecular flexibility index (Phi) is 1.74. The second-order valence-electron chi connectivity index (χ2n) is 2.89. The average Bonchev–Trinajstić information content (AvgIpc) is 2.52. The summed E-state index contributed by atoms with van der Waals surface area (Å²) in [4.78, 5) is 3.96. The lowest BCUT2D eigenvalue weighted by Crippen LogP contribution is -1.92. The van der Waals surface area contributed by atoms with Gasteiger partial charge in [-0.15, -0.1) is 0 Å². The average molecular weight is 179 g/mol. The van der Waals surface area contributed by atoms with Crippen LogP contribution in [0, 0.1) is 11.3 Å². The zero-order chi connectivity index (χ0) is 8.55. The van der Waals surface area contributed by atoms with Crippen molar-refractivity contribution in [2.45, 2.75) is 19.3 Å². The van der Waals surface area contributed by atoms with Gasteiger partial charge in [0.05, 0.1) is 5.56 Å². The summed E-state index contributed by atoms with van der Waals surface area (Å²) in [6.07, 6.45) is 4.91. The van der Waals surface area contributed by atoms with E-state index < -0.39 is 0 Å². The van der Waals surface area contributed by atoms with Crippen LogP contribution in [-0.2, 0) is 12.8 Å². The number of hydrogen-bond donors (Lipinski definition) is 0. The number of aromatic nitrogens is 1. The van der Waals surface area contributed by atoms with Crippen molar-refractivity contribution in [2.24, 2.45) is 0 Å².